The Labute approximate surface area is 208 Å². The van der Waals surface area contributed by atoms with Crippen LogP contribution in [-0.2, 0) is 9.59 Å². The fourth-order valence-electron chi connectivity index (χ4n) is 3.74. The molecule has 188 valence electrons. The van der Waals surface area contributed by atoms with Crippen molar-refractivity contribution in [1.29, 1.82) is 0 Å². The number of alkyl halides is 3. The first-order valence-corrected chi connectivity index (χ1v) is 11.4. The largest absolute Gasteiger partial charge is 0.573 e. The molecule has 0 bridgehead atoms. The molecule has 1 saturated heterocycles. The number of hydrogen-bond donors (Lipinski definition) is 1. The molecule has 12 heteroatoms. The van der Waals surface area contributed by atoms with E-state index in [1.54, 1.807) is 34.9 Å². The second-order valence-electron chi connectivity index (χ2n) is 7.90. The van der Waals surface area contributed by atoms with E-state index in [1.807, 2.05) is 6.92 Å². The molecule has 0 saturated carbocycles. The quantitative estimate of drug-likeness (QED) is 0.520. The minimum Gasteiger partial charge on any atom is -0.483 e. The highest BCUT2D eigenvalue weighted by molar-refractivity contribution is 9.10. The van der Waals surface area contributed by atoms with Crippen molar-refractivity contribution in [3.05, 3.63) is 52.0 Å². The molecule has 3 rings (SSSR count). The Bertz CT molecular complexity index is 1110. The van der Waals surface area contributed by atoms with Gasteiger partial charge in [0.15, 0.2) is 6.61 Å². The number of carbonyl (C=O) groups is 3. The summed E-state index contributed by atoms with van der Waals surface area (Å²) in [5.41, 5.74) is 1.10. The third-order valence-corrected chi connectivity index (χ3v) is 5.89. The molecule has 1 unspecified atom stereocenters. The zero-order chi connectivity index (χ0) is 25.8. The van der Waals surface area contributed by atoms with Gasteiger partial charge in [-0.25, -0.2) is 0 Å². The Morgan fingerprint density at radius 2 is 1.94 bits per heavy atom. The number of ether oxygens (including phenoxy) is 2. The van der Waals surface area contributed by atoms with E-state index >= 15 is 0 Å². The smallest absolute Gasteiger partial charge is 0.483 e. The van der Waals surface area contributed by atoms with Crippen LogP contribution >= 0.6 is 15.9 Å². The highest BCUT2D eigenvalue weighted by Gasteiger charge is 2.32. The summed E-state index contributed by atoms with van der Waals surface area (Å²) < 4.78 is 47.2. The molecule has 1 heterocycles. The standard InChI is InChI=1S/C23H23BrF3N3O5/c1-14-9-17(35-23(25,26)27)4-6-20(14)34-12-21(32)29-7-8-30(15(2)11-29)22(33)18-10-16(24)3-5-19(18)28-13-31/h3-6,9-10,13,15H,7-8,11-12H2,1-2H3,(H,28,31). The number of anilines is 1. The first-order chi connectivity index (χ1) is 16.5. The molecule has 0 radical (unpaired) electrons. The van der Waals surface area contributed by atoms with Crippen LogP contribution in [0.15, 0.2) is 40.9 Å². The summed E-state index contributed by atoms with van der Waals surface area (Å²) in [6.07, 6.45) is -4.30. The van der Waals surface area contributed by atoms with E-state index in [0.29, 0.717) is 27.7 Å². The first-order valence-electron chi connectivity index (χ1n) is 10.6. The third-order valence-electron chi connectivity index (χ3n) is 5.40. The SMILES string of the molecule is Cc1cc(OC(F)(F)F)ccc1OCC(=O)N1CCN(C(=O)c2cc(Br)ccc2NC=O)C(C)C1. The Balaban J connectivity index is 1.59. The number of amides is 3. The zero-order valence-corrected chi connectivity index (χ0v) is 20.5. The van der Waals surface area contributed by atoms with Crippen molar-refractivity contribution in [3.8, 4) is 11.5 Å². The third kappa shape index (κ3) is 6.87. The van der Waals surface area contributed by atoms with E-state index in [1.165, 1.54) is 12.1 Å². The van der Waals surface area contributed by atoms with Crippen LogP contribution in [0.25, 0.3) is 0 Å². The van der Waals surface area contributed by atoms with E-state index in [-0.39, 0.29) is 55.6 Å². The first kappa shape index (κ1) is 26.3. The number of piperazine rings is 1. The molecule has 0 aliphatic carbocycles. The molecule has 0 spiro atoms. The molecule has 3 amide bonds. The molecular weight excluding hydrogens is 535 g/mol. The summed E-state index contributed by atoms with van der Waals surface area (Å²) in [4.78, 5) is 39.9. The van der Waals surface area contributed by atoms with E-state index in [2.05, 4.69) is 26.0 Å². The number of benzene rings is 2. The van der Waals surface area contributed by atoms with Gasteiger partial charge in [0.25, 0.3) is 11.8 Å². The van der Waals surface area contributed by atoms with Crippen molar-refractivity contribution >= 4 is 39.8 Å². The van der Waals surface area contributed by atoms with Gasteiger partial charge in [0.1, 0.15) is 11.5 Å². The Morgan fingerprint density at radius 3 is 2.57 bits per heavy atom. The highest BCUT2D eigenvalue weighted by atomic mass is 79.9. The summed E-state index contributed by atoms with van der Waals surface area (Å²) in [6.45, 7) is 3.88. The lowest BCUT2D eigenvalue weighted by Crippen LogP contribution is -2.56. The number of rotatable bonds is 7. The van der Waals surface area contributed by atoms with Crippen molar-refractivity contribution in [2.75, 3.05) is 31.6 Å². The zero-order valence-electron chi connectivity index (χ0n) is 18.9. The lowest BCUT2D eigenvalue weighted by molar-refractivity contribution is -0.274. The summed E-state index contributed by atoms with van der Waals surface area (Å²) in [5.74, 6) is -0.701. The summed E-state index contributed by atoms with van der Waals surface area (Å²) >= 11 is 3.33. The van der Waals surface area contributed by atoms with Crippen molar-refractivity contribution in [3.63, 3.8) is 0 Å². The molecular formula is C23H23BrF3N3O5. The van der Waals surface area contributed by atoms with E-state index in [0.717, 1.165) is 6.07 Å². The van der Waals surface area contributed by atoms with Gasteiger partial charge in [0.2, 0.25) is 6.41 Å². The molecule has 1 N–H and O–H groups in total. The van der Waals surface area contributed by atoms with Gasteiger partial charge in [-0.3, -0.25) is 14.4 Å². The number of aryl methyl sites for hydroxylation is 1. The van der Waals surface area contributed by atoms with Gasteiger partial charge < -0.3 is 24.6 Å². The molecule has 1 atom stereocenters. The number of carbonyl (C=O) groups excluding carboxylic acids is 3. The monoisotopic (exact) mass is 557 g/mol. The summed E-state index contributed by atoms with van der Waals surface area (Å²) in [7, 11) is 0. The second kappa shape index (κ2) is 11.0. The van der Waals surface area contributed by atoms with Crippen LogP contribution in [0.1, 0.15) is 22.8 Å². The van der Waals surface area contributed by atoms with E-state index in [4.69, 9.17) is 4.74 Å². The maximum atomic E-state index is 13.1. The fraction of sp³-hybridized carbons (Fsp3) is 0.348. The van der Waals surface area contributed by atoms with Crippen LogP contribution in [0.2, 0.25) is 0 Å². The molecule has 1 aliphatic heterocycles. The van der Waals surface area contributed by atoms with Crippen LogP contribution in [0.3, 0.4) is 0 Å². The summed E-state index contributed by atoms with van der Waals surface area (Å²) in [5, 5.41) is 2.52. The molecule has 35 heavy (non-hydrogen) atoms. The van der Waals surface area contributed by atoms with Gasteiger partial charge >= 0.3 is 6.36 Å². The second-order valence-corrected chi connectivity index (χ2v) is 8.82. The molecule has 2 aromatic carbocycles. The number of hydrogen-bond acceptors (Lipinski definition) is 5. The molecule has 8 nitrogen and oxygen atoms in total. The van der Waals surface area contributed by atoms with E-state index < -0.39 is 6.36 Å². The topological polar surface area (TPSA) is 88.2 Å². The normalized spacial score (nSPS) is 16.0. The maximum absolute atomic E-state index is 13.1. The lowest BCUT2D eigenvalue weighted by atomic mass is 10.1. The molecule has 2 aromatic rings. The van der Waals surface area contributed by atoms with E-state index in [9.17, 15) is 27.6 Å². The lowest BCUT2D eigenvalue weighted by Gasteiger charge is -2.40. The van der Waals surface area contributed by atoms with Crippen LogP contribution in [0.5, 0.6) is 11.5 Å². The van der Waals surface area contributed by atoms with Crippen molar-refractivity contribution < 1.29 is 37.0 Å². The van der Waals surface area contributed by atoms with Gasteiger partial charge in [-0.15, -0.1) is 13.2 Å². The number of nitrogens with zero attached hydrogens (tertiary/aromatic N) is 2. The van der Waals surface area contributed by atoms with Gasteiger partial charge in [-0.05, 0) is 55.8 Å². The summed E-state index contributed by atoms with van der Waals surface area (Å²) in [6, 6.07) is 8.26. The van der Waals surface area contributed by atoms with Crippen LogP contribution in [0, 0.1) is 6.92 Å². The van der Waals surface area contributed by atoms with Crippen molar-refractivity contribution in [2.24, 2.45) is 0 Å². The maximum Gasteiger partial charge on any atom is 0.573 e. The molecule has 1 aliphatic rings. The minimum absolute atomic E-state index is 0.264. The van der Waals surface area contributed by atoms with Crippen molar-refractivity contribution in [2.45, 2.75) is 26.3 Å². The number of nitrogens with one attached hydrogen (secondary N) is 1. The van der Waals surface area contributed by atoms with Gasteiger partial charge in [0.05, 0.1) is 11.3 Å². The van der Waals surface area contributed by atoms with Gasteiger partial charge in [-0.2, -0.15) is 0 Å². The number of halogens is 4. The average Bonchev–Trinajstić information content (AvgIpc) is 2.78. The van der Waals surface area contributed by atoms with Crippen LogP contribution < -0.4 is 14.8 Å². The minimum atomic E-state index is -4.80. The van der Waals surface area contributed by atoms with Gasteiger partial charge in [-0.1, -0.05) is 15.9 Å². The Kier molecular flexibility index (Phi) is 8.26. The molecule has 0 aromatic heterocycles. The Morgan fingerprint density at radius 1 is 1.20 bits per heavy atom. The predicted molar refractivity (Wildman–Crippen MR) is 124 cm³/mol. The molecule has 1 fully saturated rings. The van der Waals surface area contributed by atoms with Crippen molar-refractivity contribution in [1.82, 2.24) is 9.80 Å². The highest BCUT2D eigenvalue weighted by Crippen LogP contribution is 2.28. The average molecular weight is 558 g/mol. The van der Waals surface area contributed by atoms with Gasteiger partial charge in [0, 0.05) is 30.1 Å². The Hall–Kier alpha value is -3.28. The van der Waals surface area contributed by atoms with Crippen LogP contribution in [-0.4, -0.2) is 66.7 Å². The fourth-order valence-corrected chi connectivity index (χ4v) is 4.10. The predicted octanol–water partition coefficient (Wildman–Crippen LogP) is 3.98. The van der Waals surface area contributed by atoms with Crippen LogP contribution in [0.4, 0.5) is 18.9 Å².